The summed E-state index contributed by atoms with van der Waals surface area (Å²) >= 11 is 0. The van der Waals surface area contributed by atoms with Gasteiger partial charge in [-0.15, -0.1) is 0 Å². The SMILES string of the molecule is N#CC1C=CC=CN1C(F)(F)F. The average molecular weight is 174 g/mol. The maximum atomic E-state index is 12.1. The van der Waals surface area contributed by atoms with Gasteiger partial charge in [0, 0.05) is 6.20 Å². The van der Waals surface area contributed by atoms with E-state index in [4.69, 9.17) is 5.26 Å². The Morgan fingerprint density at radius 2 is 2.00 bits per heavy atom. The normalized spacial score (nSPS) is 22.5. The highest BCUT2D eigenvalue weighted by atomic mass is 19.4. The van der Waals surface area contributed by atoms with E-state index in [0.29, 0.717) is 0 Å². The molecule has 0 aromatic rings. The Morgan fingerprint density at radius 3 is 2.42 bits per heavy atom. The number of nitriles is 1. The van der Waals surface area contributed by atoms with Crippen LogP contribution in [0.2, 0.25) is 0 Å². The van der Waals surface area contributed by atoms with Gasteiger partial charge in [-0.3, -0.25) is 4.90 Å². The van der Waals surface area contributed by atoms with Crippen LogP contribution in [0.25, 0.3) is 0 Å². The van der Waals surface area contributed by atoms with Gasteiger partial charge in [-0.2, -0.15) is 18.4 Å². The minimum absolute atomic E-state index is 0.0486. The number of halogens is 3. The fourth-order valence-electron chi connectivity index (χ4n) is 0.845. The fraction of sp³-hybridized carbons (Fsp3) is 0.286. The zero-order valence-corrected chi connectivity index (χ0v) is 5.92. The van der Waals surface area contributed by atoms with E-state index in [-0.39, 0.29) is 4.90 Å². The van der Waals surface area contributed by atoms with Gasteiger partial charge in [0.15, 0.2) is 0 Å². The molecule has 1 atom stereocenters. The van der Waals surface area contributed by atoms with E-state index < -0.39 is 12.3 Å². The van der Waals surface area contributed by atoms with Crippen molar-refractivity contribution in [2.24, 2.45) is 0 Å². The Hall–Kier alpha value is -1.44. The van der Waals surface area contributed by atoms with Crippen molar-refractivity contribution in [2.45, 2.75) is 12.3 Å². The summed E-state index contributed by atoms with van der Waals surface area (Å²) in [6.07, 6.45) is 0.195. The first-order chi connectivity index (χ1) is 5.55. The van der Waals surface area contributed by atoms with E-state index in [1.54, 1.807) is 0 Å². The van der Waals surface area contributed by atoms with Crippen molar-refractivity contribution in [3.63, 3.8) is 0 Å². The molecule has 1 heterocycles. The summed E-state index contributed by atoms with van der Waals surface area (Å²) in [7, 11) is 0. The van der Waals surface area contributed by atoms with Gasteiger partial charge in [0.1, 0.15) is 6.04 Å². The Labute approximate surface area is 67.2 Å². The number of nitrogens with zero attached hydrogens (tertiary/aromatic N) is 2. The van der Waals surface area contributed by atoms with Crippen molar-refractivity contribution >= 4 is 0 Å². The first-order valence-electron chi connectivity index (χ1n) is 3.15. The second-order valence-corrected chi connectivity index (χ2v) is 2.18. The van der Waals surface area contributed by atoms with Crippen molar-refractivity contribution in [1.29, 1.82) is 5.26 Å². The molecular weight excluding hydrogens is 169 g/mol. The summed E-state index contributed by atoms with van der Waals surface area (Å²) in [5.74, 6) is 0. The van der Waals surface area contributed by atoms with Crippen molar-refractivity contribution in [3.8, 4) is 6.07 Å². The summed E-state index contributed by atoms with van der Waals surface area (Å²) in [6, 6.07) is 0.288. The predicted octanol–water partition coefficient (Wildman–Crippen LogP) is 1.78. The Balaban J connectivity index is 2.85. The lowest BCUT2D eigenvalue weighted by Gasteiger charge is -2.27. The molecule has 0 aromatic heterocycles. The van der Waals surface area contributed by atoms with Gasteiger partial charge >= 0.3 is 6.30 Å². The smallest absolute Gasteiger partial charge is 0.271 e. The number of hydrogen-bond donors (Lipinski definition) is 0. The third-order valence-electron chi connectivity index (χ3n) is 1.38. The van der Waals surface area contributed by atoms with Gasteiger partial charge in [0.25, 0.3) is 0 Å². The standard InChI is InChI=1S/C7H5F3N2/c8-7(9,10)12-4-2-1-3-6(12)5-11/h1-4,6H. The summed E-state index contributed by atoms with van der Waals surface area (Å²) in [5, 5.41) is 8.35. The van der Waals surface area contributed by atoms with E-state index in [9.17, 15) is 13.2 Å². The molecule has 1 rings (SSSR count). The number of allylic oxidation sites excluding steroid dienone is 2. The zero-order chi connectivity index (χ0) is 9.19. The Bertz CT molecular complexity index is 259. The molecule has 0 spiro atoms. The van der Waals surface area contributed by atoms with Crippen LogP contribution < -0.4 is 0 Å². The highest BCUT2D eigenvalue weighted by Gasteiger charge is 2.39. The topological polar surface area (TPSA) is 27.0 Å². The van der Waals surface area contributed by atoms with Crippen LogP contribution in [0.15, 0.2) is 24.4 Å². The van der Waals surface area contributed by atoms with Gasteiger partial charge in [0.05, 0.1) is 6.07 Å². The molecule has 0 fully saturated rings. The molecule has 0 radical (unpaired) electrons. The third kappa shape index (κ3) is 1.59. The molecule has 1 aliphatic rings. The van der Waals surface area contributed by atoms with Gasteiger partial charge in [-0.25, -0.2) is 0 Å². The first-order valence-corrected chi connectivity index (χ1v) is 3.15. The van der Waals surface area contributed by atoms with Crippen LogP contribution in [0.1, 0.15) is 0 Å². The predicted molar refractivity (Wildman–Crippen MR) is 35.6 cm³/mol. The highest BCUT2D eigenvalue weighted by molar-refractivity contribution is 5.19. The molecule has 0 amide bonds. The summed E-state index contributed by atoms with van der Waals surface area (Å²) in [6.45, 7) is 0. The molecule has 1 unspecified atom stereocenters. The Morgan fingerprint density at radius 1 is 1.33 bits per heavy atom. The van der Waals surface area contributed by atoms with Crippen LogP contribution in [0, 0.1) is 11.3 Å². The van der Waals surface area contributed by atoms with Gasteiger partial charge in [0.2, 0.25) is 0 Å². The van der Waals surface area contributed by atoms with Crippen molar-refractivity contribution < 1.29 is 13.2 Å². The van der Waals surface area contributed by atoms with Gasteiger partial charge in [-0.05, 0) is 12.2 Å². The molecule has 12 heavy (non-hydrogen) atoms. The van der Waals surface area contributed by atoms with Gasteiger partial charge < -0.3 is 0 Å². The number of hydrogen-bond acceptors (Lipinski definition) is 2. The minimum atomic E-state index is -4.48. The van der Waals surface area contributed by atoms with E-state index in [0.717, 1.165) is 6.20 Å². The molecule has 2 nitrogen and oxygen atoms in total. The monoisotopic (exact) mass is 174 g/mol. The molecule has 0 aromatic carbocycles. The Kier molecular flexibility index (Phi) is 2.09. The van der Waals surface area contributed by atoms with Crippen LogP contribution in [-0.2, 0) is 0 Å². The van der Waals surface area contributed by atoms with Crippen LogP contribution in [0.3, 0.4) is 0 Å². The maximum absolute atomic E-state index is 12.1. The molecule has 5 heteroatoms. The first kappa shape index (κ1) is 8.65. The second kappa shape index (κ2) is 2.89. The molecule has 0 bridgehead atoms. The third-order valence-corrected chi connectivity index (χ3v) is 1.38. The molecule has 0 saturated carbocycles. The number of alkyl halides is 3. The molecular formula is C7H5F3N2. The molecule has 0 saturated heterocycles. The van der Waals surface area contributed by atoms with Crippen LogP contribution >= 0.6 is 0 Å². The lowest BCUT2D eigenvalue weighted by atomic mass is 10.2. The van der Waals surface area contributed by atoms with E-state index in [1.165, 1.54) is 24.3 Å². The van der Waals surface area contributed by atoms with Crippen molar-refractivity contribution in [1.82, 2.24) is 4.90 Å². The summed E-state index contributed by atoms with van der Waals surface area (Å²) < 4.78 is 36.2. The average Bonchev–Trinajstić information content (AvgIpc) is 2.03. The summed E-state index contributed by atoms with van der Waals surface area (Å²) in [5.41, 5.74) is 0. The largest absolute Gasteiger partial charge is 0.485 e. The molecule has 1 aliphatic heterocycles. The minimum Gasteiger partial charge on any atom is -0.271 e. The fourth-order valence-corrected chi connectivity index (χ4v) is 0.845. The quantitative estimate of drug-likeness (QED) is 0.523. The van der Waals surface area contributed by atoms with Crippen molar-refractivity contribution in [3.05, 3.63) is 24.4 Å². The molecule has 0 aliphatic carbocycles. The van der Waals surface area contributed by atoms with E-state index in [1.807, 2.05) is 0 Å². The number of rotatable bonds is 0. The van der Waals surface area contributed by atoms with E-state index >= 15 is 0 Å². The maximum Gasteiger partial charge on any atom is 0.485 e. The molecule has 64 valence electrons. The van der Waals surface area contributed by atoms with Crippen LogP contribution in [0.5, 0.6) is 0 Å². The lowest BCUT2D eigenvalue weighted by Crippen LogP contribution is -2.40. The van der Waals surface area contributed by atoms with Crippen LogP contribution in [0.4, 0.5) is 13.2 Å². The molecule has 0 N–H and O–H groups in total. The van der Waals surface area contributed by atoms with E-state index in [2.05, 4.69) is 0 Å². The second-order valence-electron chi connectivity index (χ2n) is 2.18. The van der Waals surface area contributed by atoms with Gasteiger partial charge in [-0.1, -0.05) is 6.08 Å². The van der Waals surface area contributed by atoms with Crippen molar-refractivity contribution in [2.75, 3.05) is 0 Å². The summed E-state index contributed by atoms with van der Waals surface area (Å²) in [4.78, 5) is 0.0486. The zero-order valence-electron chi connectivity index (χ0n) is 5.92. The van der Waals surface area contributed by atoms with Crippen LogP contribution in [-0.4, -0.2) is 17.2 Å². The highest BCUT2D eigenvalue weighted by Crippen LogP contribution is 2.26. The lowest BCUT2D eigenvalue weighted by molar-refractivity contribution is -0.230.